The van der Waals surface area contributed by atoms with Gasteiger partial charge in [0.15, 0.2) is 0 Å². The Morgan fingerprint density at radius 1 is 1.45 bits per heavy atom. The van der Waals surface area contributed by atoms with Gasteiger partial charge in [-0.3, -0.25) is 0 Å². The van der Waals surface area contributed by atoms with Gasteiger partial charge in [0.25, 0.3) is 5.72 Å². The lowest BCUT2D eigenvalue weighted by Gasteiger charge is -2.29. The average Bonchev–Trinajstić information content (AvgIpc) is 2.63. The number of amides is 1. The highest BCUT2D eigenvalue weighted by atomic mass is 16.6. The molecule has 112 valence electrons. The van der Waals surface area contributed by atoms with Crippen molar-refractivity contribution in [3.63, 3.8) is 0 Å². The van der Waals surface area contributed by atoms with E-state index in [1.54, 1.807) is 20.8 Å². The minimum Gasteiger partial charge on any atom is -0.477 e. The molecule has 0 bridgehead atoms. The second kappa shape index (κ2) is 4.57. The van der Waals surface area contributed by atoms with Gasteiger partial charge in [0.2, 0.25) is 0 Å². The summed E-state index contributed by atoms with van der Waals surface area (Å²) in [5, 5.41) is 12.0. The largest absolute Gasteiger partial charge is 0.477 e. The first-order valence-electron chi connectivity index (χ1n) is 6.51. The minimum absolute atomic E-state index is 0.222. The van der Waals surface area contributed by atoms with E-state index >= 15 is 0 Å². The molecule has 20 heavy (non-hydrogen) atoms. The summed E-state index contributed by atoms with van der Waals surface area (Å²) in [6.45, 7) is 7.55. The number of carboxylic acids is 1. The van der Waals surface area contributed by atoms with Gasteiger partial charge in [-0.15, -0.1) is 0 Å². The van der Waals surface area contributed by atoms with E-state index in [4.69, 9.17) is 14.6 Å². The number of hydrogen-bond donors (Lipinski definition) is 2. The quantitative estimate of drug-likeness (QED) is 0.753. The van der Waals surface area contributed by atoms with E-state index in [0.29, 0.717) is 18.7 Å². The van der Waals surface area contributed by atoms with Crippen LogP contribution >= 0.6 is 0 Å². The van der Waals surface area contributed by atoms with Crippen molar-refractivity contribution in [1.29, 1.82) is 0 Å². The number of nitrogens with zero attached hydrogens (tertiary/aromatic N) is 1. The van der Waals surface area contributed by atoms with Crippen LogP contribution in [0.2, 0.25) is 0 Å². The van der Waals surface area contributed by atoms with Crippen molar-refractivity contribution in [2.45, 2.75) is 45.4 Å². The van der Waals surface area contributed by atoms with E-state index < -0.39 is 23.4 Å². The smallest absolute Gasteiger partial charge is 0.410 e. The second-order valence-electron chi connectivity index (χ2n) is 6.12. The maximum Gasteiger partial charge on any atom is 0.410 e. The van der Waals surface area contributed by atoms with Crippen molar-refractivity contribution in [1.82, 2.24) is 10.2 Å². The molecule has 0 aromatic carbocycles. The van der Waals surface area contributed by atoms with E-state index in [-0.39, 0.29) is 6.54 Å². The summed E-state index contributed by atoms with van der Waals surface area (Å²) in [5.74, 6) is -0.595. The molecule has 1 amide bonds. The van der Waals surface area contributed by atoms with Gasteiger partial charge in [-0.05, 0) is 20.8 Å². The molecular formula is C13H20N2O5. The first-order chi connectivity index (χ1) is 9.11. The lowest BCUT2D eigenvalue weighted by Crippen LogP contribution is -2.46. The molecule has 0 spiro atoms. The van der Waals surface area contributed by atoms with E-state index in [1.165, 1.54) is 11.8 Å². The number of rotatable bonds is 1. The predicted octanol–water partition coefficient (Wildman–Crippen LogP) is 1.26. The fourth-order valence-electron chi connectivity index (χ4n) is 2.10. The molecule has 1 unspecified atom stereocenters. The summed E-state index contributed by atoms with van der Waals surface area (Å²) in [7, 11) is 0. The molecule has 2 aliphatic rings. The lowest BCUT2D eigenvalue weighted by molar-refractivity contribution is -0.158. The van der Waals surface area contributed by atoms with E-state index in [1.807, 2.05) is 0 Å². The zero-order chi connectivity index (χ0) is 15.1. The van der Waals surface area contributed by atoms with Crippen molar-refractivity contribution in [3.8, 4) is 0 Å². The molecule has 0 saturated carbocycles. The van der Waals surface area contributed by atoms with Crippen LogP contribution in [0.4, 0.5) is 4.79 Å². The van der Waals surface area contributed by atoms with Crippen molar-refractivity contribution in [3.05, 3.63) is 11.5 Å². The molecule has 2 rings (SSSR count). The fraction of sp³-hybridized carbons (Fsp3) is 0.692. The molecule has 2 heterocycles. The molecule has 0 aromatic heterocycles. The molecule has 0 radical (unpaired) electrons. The van der Waals surface area contributed by atoms with E-state index in [2.05, 4.69) is 5.32 Å². The van der Waals surface area contributed by atoms with Crippen LogP contribution < -0.4 is 5.32 Å². The van der Waals surface area contributed by atoms with Crippen LogP contribution in [-0.2, 0) is 14.3 Å². The maximum atomic E-state index is 12.0. The summed E-state index contributed by atoms with van der Waals surface area (Å²) >= 11 is 0. The highest BCUT2D eigenvalue weighted by Crippen LogP contribution is 2.30. The average molecular weight is 284 g/mol. The van der Waals surface area contributed by atoms with Crippen LogP contribution in [0.25, 0.3) is 0 Å². The van der Waals surface area contributed by atoms with Crippen molar-refractivity contribution in [2.24, 2.45) is 0 Å². The van der Waals surface area contributed by atoms with Gasteiger partial charge in [-0.1, -0.05) is 0 Å². The molecule has 0 aromatic rings. The van der Waals surface area contributed by atoms with Crippen LogP contribution in [-0.4, -0.2) is 46.5 Å². The van der Waals surface area contributed by atoms with Gasteiger partial charge in [-0.2, -0.15) is 0 Å². The minimum atomic E-state index is -1.45. The van der Waals surface area contributed by atoms with E-state index in [0.717, 1.165) is 5.70 Å². The summed E-state index contributed by atoms with van der Waals surface area (Å²) in [5.41, 5.74) is -1.26. The van der Waals surface area contributed by atoms with Crippen molar-refractivity contribution in [2.75, 3.05) is 13.1 Å². The third-order valence-corrected chi connectivity index (χ3v) is 3.08. The molecule has 0 aliphatic carbocycles. The first kappa shape index (κ1) is 14.5. The van der Waals surface area contributed by atoms with Gasteiger partial charge < -0.3 is 24.8 Å². The summed E-state index contributed by atoms with van der Waals surface area (Å²) in [6, 6.07) is 0. The van der Waals surface area contributed by atoms with Crippen molar-refractivity contribution >= 4 is 12.1 Å². The Hall–Kier alpha value is -1.92. The monoisotopic (exact) mass is 284 g/mol. The highest BCUT2D eigenvalue weighted by Gasteiger charge is 2.45. The Morgan fingerprint density at radius 3 is 2.65 bits per heavy atom. The summed E-state index contributed by atoms with van der Waals surface area (Å²) in [6.07, 6.45) is 0.105. The Labute approximate surface area is 117 Å². The van der Waals surface area contributed by atoms with Gasteiger partial charge >= 0.3 is 12.1 Å². The van der Waals surface area contributed by atoms with Crippen LogP contribution in [0.15, 0.2) is 11.5 Å². The first-order valence-corrected chi connectivity index (χ1v) is 6.51. The summed E-state index contributed by atoms with van der Waals surface area (Å²) < 4.78 is 10.7. The number of hydrogen-bond acceptors (Lipinski definition) is 5. The van der Waals surface area contributed by atoms with Crippen LogP contribution in [0.5, 0.6) is 0 Å². The summed E-state index contributed by atoms with van der Waals surface area (Å²) in [4.78, 5) is 24.6. The molecule has 1 atom stereocenters. The number of carboxylic acid groups (broad SMARTS) is 1. The van der Waals surface area contributed by atoms with Gasteiger partial charge in [-0.25, -0.2) is 9.59 Å². The zero-order valence-corrected chi connectivity index (χ0v) is 12.1. The zero-order valence-electron chi connectivity index (χ0n) is 12.1. The number of carbonyl (C=O) groups is 2. The molecule has 7 heteroatoms. The van der Waals surface area contributed by atoms with Gasteiger partial charge in [0, 0.05) is 19.9 Å². The Morgan fingerprint density at radius 2 is 2.10 bits per heavy atom. The standard InChI is InChI=1S/C13H20N2O5/c1-12(2,3)20-11(18)15-6-5-8-9(7-15)19-13(4,14-8)10(16)17/h14H,5-7H2,1-4H3,(H,16,17). The Balaban J connectivity index is 2.03. The Bertz CT molecular complexity index is 480. The van der Waals surface area contributed by atoms with Crippen LogP contribution in [0.3, 0.4) is 0 Å². The Kier molecular flexibility index (Phi) is 3.31. The number of ether oxygens (including phenoxy) is 2. The van der Waals surface area contributed by atoms with Crippen molar-refractivity contribution < 1.29 is 24.2 Å². The molecule has 0 saturated heterocycles. The fourth-order valence-corrected chi connectivity index (χ4v) is 2.10. The van der Waals surface area contributed by atoms with Crippen LogP contribution in [0, 0.1) is 0 Å². The third kappa shape index (κ3) is 2.81. The maximum absolute atomic E-state index is 12.0. The van der Waals surface area contributed by atoms with Crippen LogP contribution in [0.1, 0.15) is 34.1 Å². The molecule has 2 aliphatic heterocycles. The van der Waals surface area contributed by atoms with Gasteiger partial charge in [0.1, 0.15) is 11.4 Å². The molecule has 2 N–H and O–H groups in total. The molecule has 0 fully saturated rings. The third-order valence-electron chi connectivity index (χ3n) is 3.08. The second-order valence-corrected chi connectivity index (χ2v) is 6.12. The number of aliphatic carboxylic acids is 1. The van der Waals surface area contributed by atoms with E-state index in [9.17, 15) is 9.59 Å². The highest BCUT2D eigenvalue weighted by molar-refractivity contribution is 5.78. The molecular weight excluding hydrogens is 264 g/mol. The topological polar surface area (TPSA) is 88.1 Å². The normalized spacial score (nSPS) is 25.7. The SMILES string of the molecule is CC(C)(C)OC(=O)N1CCC2=C(C1)OC(C)(C(=O)O)N2. The number of nitrogens with one attached hydrogen (secondary N) is 1. The molecule has 7 nitrogen and oxygen atoms in total. The lowest BCUT2D eigenvalue weighted by atomic mass is 10.2. The van der Waals surface area contributed by atoms with Gasteiger partial charge in [0.05, 0.1) is 12.2 Å². The predicted molar refractivity (Wildman–Crippen MR) is 69.7 cm³/mol. The number of carbonyl (C=O) groups excluding carboxylic acids is 1.